The summed E-state index contributed by atoms with van der Waals surface area (Å²) < 4.78 is 8.41. The molecule has 6 heteroatoms. The van der Waals surface area contributed by atoms with Crippen molar-refractivity contribution in [3.05, 3.63) is 145 Å². The molecule has 51 heavy (non-hydrogen) atoms. The number of furan rings is 1. The molecule has 3 heterocycles. The number of imidazole rings is 1. The van der Waals surface area contributed by atoms with Crippen LogP contribution in [0.3, 0.4) is 0 Å². The topological polar surface area (TPSA) is 43.9 Å². The third-order valence-electron chi connectivity index (χ3n) is 9.91. The summed E-state index contributed by atoms with van der Waals surface area (Å²) in [7, 11) is -1.36. The standard InChI is InChI=1S/C25H15N2O.C20H26NSi.Ir/c1-2-9-17(10-3-1)27-22-15-6-5-14-21(22)26-25(27)20-13-8-12-19-18-11-4-7-16-23(18)28-24(19)20;1-22(2,3)20-15-21-19(17-12-8-5-9-13-17)14-18(20)16-10-6-4-7-11-16;/h1-12,14-16H;5,8-9,12,14-16H,4,6-7,10-11H2,1-3H3;/q2*-1;. The van der Waals surface area contributed by atoms with E-state index in [0.717, 1.165) is 67.2 Å². The first kappa shape index (κ1) is 34.8. The number of rotatable bonds is 5. The van der Waals surface area contributed by atoms with Gasteiger partial charge in [0.25, 0.3) is 0 Å². The van der Waals surface area contributed by atoms with E-state index in [2.05, 4.69) is 91.1 Å². The van der Waals surface area contributed by atoms with Gasteiger partial charge in [0.1, 0.15) is 5.58 Å². The van der Waals surface area contributed by atoms with Crippen LogP contribution in [0.5, 0.6) is 0 Å². The summed E-state index contributed by atoms with van der Waals surface area (Å²) in [6, 6.07) is 47.9. The van der Waals surface area contributed by atoms with Gasteiger partial charge in [-0.15, -0.1) is 54.1 Å². The van der Waals surface area contributed by atoms with Crippen LogP contribution in [0.15, 0.2) is 132 Å². The smallest absolute Gasteiger partial charge is 0.120 e. The molecule has 1 fully saturated rings. The molecule has 1 radical (unpaired) electrons. The first-order valence-electron chi connectivity index (χ1n) is 17.8. The van der Waals surface area contributed by atoms with E-state index in [1.807, 2.05) is 72.8 Å². The molecule has 0 N–H and O–H groups in total. The summed E-state index contributed by atoms with van der Waals surface area (Å²) >= 11 is 0. The average Bonchev–Trinajstić information content (AvgIpc) is 3.75. The Balaban J connectivity index is 0.000000161. The third-order valence-corrected chi connectivity index (χ3v) is 11.9. The summed E-state index contributed by atoms with van der Waals surface area (Å²) in [6.45, 7) is 7.31. The Labute approximate surface area is 315 Å². The van der Waals surface area contributed by atoms with Crippen molar-refractivity contribution in [2.24, 2.45) is 0 Å². The van der Waals surface area contributed by atoms with Crippen LogP contribution in [0.1, 0.15) is 43.6 Å². The zero-order valence-electron chi connectivity index (χ0n) is 29.3. The summed E-state index contributed by atoms with van der Waals surface area (Å²) in [5, 5.41) is 3.74. The van der Waals surface area contributed by atoms with Gasteiger partial charge in [-0.3, -0.25) is 4.98 Å². The fourth-order valence-corrected chi connectivity index (χ4v) is 9.03. The Kier molecular flexibility index (Phi) is 10.2. The van der Waals surface area contributed by atoms with Crippen LogP contribution < -0.4 is 5.19 Å². The van der Waals surface area contributed by atoms with Gasteiger partial charge in [0.05, 0.1) is 30.5 Å². The molecule has 8 aromatic rings. The molecular weight excluding hydrogens is 819 g/mol. The summed E-state index contributed by atoms with van der Waals surface area (Å²) in [5.41, 5.74) is 9.41. The Morgan fingerprint density at radius 2 is 1.49 bits per heavy atom. The number of benzene rings is 5. The first-order valence-corrected chi connectivity index (χ1v) is 21.3. The first-order chi connectivity index (χ1) is 24.5. The quantitative estimate of drug-likeness (QED) is 0.128. The van der Waals surface area contributed by atoms with Crippen molar-refractivity contribution >= 4 is 46.2 Å². The molecule has 9 rings (SSSR count). The molecule has 0 atom stereocenters. The van der Waals surface area contributed by atoms with Crippen molar-refractivity contribution in [2.45, 2.75) is 57.7 Å². The Morgan fingerprint density at radius 1 is 0.745 bits per heavy atom. The summed E-state index contributed by atoms with van der Waals surface area (Å²) in [6.07, 6.45) is 9.03. The van der Waals surface area contributed by atoms with E-state index in [1.165, 1.54) is 32.1 Å². The van der Waals surface area contributed by atoms with Gasteiger partial charge in [-0.2, -0.15) is 0 Å². The second kappa shape index (κ2) is 14.9. The van der Waals surface area contributed by atoms with Crippen LogP contribution in [-0.4, -0.2) is 22.6 Å². The average molecular weight is 860 g/mol. The van der Waals surface area contributed by atoms with E-state index in [-0.39, 0.29) is 20.1 Å². The molecule has 3 aromatic heterocycles. The van der Waals surface area contributed by atoms with Crippen LogP contribution >= 0.6 is 0 Å². The molecule has 0 unspecified atom stereocenters. The van der Waals surface area contributed by atoms with Gasteiger partial charge in [-0.25, -0.2) is 0 Å². The third kappa shape index (κ3) is 7.01. The Morgan fingerprint density at radius 3 is 2.27 bits per heavy atom. The van der Waals surface area contributed by atoms with Crippen LogP contribution in [0.25, 0.3) is 61.3 Å². The fraction of sp³-hybridized carbons (Fsp3) is 0.200. The van der Waals surface area contributed by atoms with E-state index < -0.39 is 8.07 Å². The monoisotopic (exact) mass is 860 g/mol. The zero-order chi connectivity index (χ0) is 34.1. The van der Waals surface area contributed by atoms with Crippen LogP contribution in [-0.2, 0) is 20.1 Å². The second-order valence-corrected chi connectivity index (χ2v) is 19.3. The van der Waals surface area contributed by atoms with Crippen molar-refractivity contribution in [1.82, 2.24) is 14.5 Å². The van der Waals surface area contributed by atoms with Crippen LogP contribution in [0.2, 0.25) is 19.6 Å². The number of hydrogen-bond acceptors (Lipinski definition) is 3. The largest absolute Gasteiger partial charge is 0.501 e. The zero-order valence-corrected chi connectivity index (χ0v) is 32.7. The maximum atomic E-state index is 6.24. The van der Waals surface area contributed by atoms with Gasteiger partial charge in [0.2, 0.25) is 0 Å². The Bertz CT molecular complexity index is 2400. The minimum atomic E-state index is -1.36. The van der Waals surface area contributed by atoms with E-state index in [9.17, 15) is 0 Å². The molecule has 0 amide bonds. The van der Waals surface area contributed by atoms with Gasteiger partial charge in [0, 0.05) is 37.4 Å². The Hall–Kier alpha value is -4.61. The summed E-state index contributed by atoms with van der Waals surface area (Å²) in [5.74, 6) is 1.57. The number of fused-ring (bicyclic) bond motifs is 4. The van der Waals surface area contributed by atoms with E-state index in [4.69, 9.17) is 14.4 Å². The summed E-state index contributed by atoms with van der Waals surface area (Å²) in [4.78, 5) is 9.73. The van der Waals surface area contributed by atoms with Crippen LogP contribution in [0, 0.1) is 12.1 Å². The molecule has 5 aromatic carbocycles. The molecule has 1 saturated carbocycles. The van der Waals surface area contributed by atoms with Gasteiger partial charge in [0.15, 0.2) is 0 Å². The van der Waals surface area contributed by atoms with Crippen molar-refractivity contribution < 1.29 is 24.5 Å². The van der Waals surface area contributed by atoms with Crippen molar-refractivity contribution in [2.75, 3.05) is 0 Å². The normalized spacial score (nSPS) is 13.5. The number of hydrogen-bond donors (Lipinski definition) is 0. The molecule has 1 aliphatic rings. The SMILES string of the molecule is C[Si](C)(C)c1cnc(-c2[c-]cccc2)cc1C1CCCCC1.[Ir].[c-]1ccc2c(oc3ccccc32)c1-c1nc2ccccc2n1-c1ccccc1. The molecule has 0 saturated heterocycles. The molecular formula is C45H41IrN3OSi-2. The van der Waals surface area contributed by atoms with Gasteiger partial charge >= 0.3 is 0 Å². The number of para-hydroxylation sites is 4. The maximum Gasteiger partial charge on any atom is 0.120 e. The van der Waals surface area contributed by atoms with Crippen molar-refractivity contribution in [1.29, 1.82) is 0 Å². The second-order valence-electron chi connectivity index (χ2n) is 14.3. The minimum absolute atomic E-state index is 0. The van der Waals surface area contributed by atoms with Crippen molar-refractivity contribution in [3.8, 4) is 28.3 Å². The number of pyridine rings is 1. The molecule has 257 valence electrons. The van der Waals surface area contributed by atoms with Gasteiger partial charge in [-0.1, -0.05) is 110 Å². The number of nitrogens with zero attached hydrogens (tertiary/aromatic N) is 3. The molecule has 0 spiro atoms. The molecule has 0 bridgehead atoms. The van der Waals surface area contributed by atoms with Gasteiger partial charge < -0.3 is 14.0 Å². The molecule has 1 aliphatic carbocycles. The maximum absolute atomic E-state index is 6.24. The molecule has 0 aliphatic heterocycles. The minimum Gasteiger partial charge on any atom is -0.501 e. The van der Waals surface area contributed by atoms with Crippen LogP contribution in [0.4, 0.5) is 0 Å². The predicted octanol–water partition coefficient (Wildman–Crippen LogP) is 11.5. The van der Waals surface area contributed by atoms with Gasteiger partial charge in [-0.05, 0) is 60.0 Å². The van der Waals surface area contributed by atoms with E-state index in [0.29, 0.717) is 0 Å². The number of aromatic nitrogens is 3. The van der Waals surface area contributed by atoms with Crippen molar-refractivity contribution in [3.63, 3.8) is 0 Å². The predicted molar refractivity (Wildman–Crippen MR) is 210 cm³/mol. The molecule has 4 nitrogen and oxygen atoms in total. The fourth-order valence-electron chi connectivity index (χ4n) is 7.44. The van der Waals surface area contributed by atoms with E-state index in [1.54, 1.807) is 10.8 Å². The van der Waals surface area contributed by atoms with E-state index >= 15 is 0 Å².